The summed E-state index contributed by atoms with van der Waals surface area (Å²) in [6.45, 7) is 4.08. The first-order chi connectivity index (χ1) is 12.4. The second kappa shape index (κ2) is 7.88. The summed E-state index contributed by atoms with van der Waals surface area (Å²) in [4.78, 5) is 12.5. The number of aryl methyl sites for hydroxylation is 2. The minimum Gasteiger partial charge on any atom is -0.296 e. The quantitative estimate of drug-likeness (QED) is 0.722. The number of amides is 1. The highest BCUT2D eigenvalue weighted by molar-refractivity contribution is 7.83. The van der Waals surface area contributed by atoms with Crippen LogP contribution in [-0.4, -0.2) is 26.6 Å². The van der Waals surface area contributed by atoms with Crippen molar-refractivity contribution in [2.45, 2.75) is 19.6 Å². The van der Waals surface area contributed by atoms with Gasteiger partial charge in [0.2, 0.25) is 5.13 Å². The zero-order chi connectivity index (χ0) is 18.7. The number of carbonyl (C=O) groups is 1. The monoisotopic (exact) mass is 385 g/mol. The fraction of sp³-hybridized carbons (Fsp3) is 0.211. The maximum atomic E-state index is 12.5. The Bertz CT molecular complexity index is 982. The van der Waals surface area contributed by atoms with Gasteiger partial charge in [0.1, 0.15) is 5.01 Å². The Morgan fingerprint density at radius 2 is 1.96 bits per heavy atom. The normalized spacial score (nSPS) is 12.0. The van der Waals surface area contributed by atoms with Crippen molar-refractivity contribution in [2.24, 2.45) is 0 Å². The van der Waals surface area contributed by atoms with E-state index in [1.54, 1.807) is 24.5 Å². The van der Waals surface area contributed by atoms with Crippen molar-refractivity contribution in [1.29, 1.82) is 0 Å². The van der Waals surface area contributed by atoms with Crippen LogP contribution in [0, 0.1) is 13.8 Å². The molecule has 0 bridgehead atoms. The highest BCUT2D eigenvalue weighted by Gasteiger charge is 2.13. The van der Waals surface area contributed by atoms with Crippen molar-refractivity contribution in [1.82, 2.24) is 10.2 Å². The lowest BCUT2D eigenvalue weighted by molar-refractivity contribution is 0.102. The van der Waals surface area contributed by atoms with Crippen LogP contribution in [0.25, 0.3) is 10.6 Å². The molecular formula is C19H19N3O2S2. The Labute approximate surface area is 159 Å². The first-order valence-corrected chi connectivity index (χ1v) is 10.6. The van der Waals surface area contributed by atoms with Gasteiger partial charge in [-0.05, 0) is 37.1 Å². The zero-order valence-corrected chi connectivity index (χ0v) is 16.4. The Balaban J connectivity index is 1.76. The van der Waals surface area contributed by atoms with Crippen LogP contribution in [-0.2, 0) is 16.6 Å². The molecule has 134 valence electrons. The lowest BCUT2D eigenvalue weighted by Gasteiger charge is -2.04. The Hall–Kier alpha value is -2.38. The van der Waals surface area contributed by atoms with Crippen LogP contribution in [0.2, 0.25) is 0 Å². The number of rotatable bonds is 5. The van der Waals surface area contributed by atoms with Crippen LogP contribution < -0.4 is 5.32 Å². The molecule has 3 aromatic rings. The Kier molecular flexibility index (Phi) is 5.58. The summed E-state index contributed by atoms with van der Waals surface area (Å²) in [7, 11) is -0.950. The first-order valence-electron chi connectivity index (χ1n) is 8.04. The average Bonchev–Trinajstić information content (AvgIpc) is 3.02. The van der Waals surface area contributed by atoms with Crippen LogP contribution in [0.15, 0.2) is 42.5 Å². The third-order valence-electron chi connectivity index (χ3n) is 3.82. The van der Waals surface area contributed by atoms with Gasteiger partial charge in [0, 0.05) is 33.9 Å². The molecule has 1 atom stereocenters. The smallest absolute Gasteiger partial charge is 0.257 e. The molecule has 2 aromatic carbocycles. The SMILES string of the molecule is Cc1ccc(-c2nnc(NC(=O)c3cccc(CS(C)=O)c3)s2)c(C)c1. The second-order valence-electron chi connectivity index (χ2n) is 6.10. The van der Waals surface area contributed by atoms with Crippen molar-refractivity contribution in [2.75, 3.05) is 11.6 Å². The van der Waals surface area contributed by atoms with Gasteiger partial charge in [0.05, 0.1) is 0 Å². The predicted octanol–water partition coefficient (Wildman–Crippen LogP) is 3.95. The van der Waals surface area contributed by atoms with Crippen LogP contribution in [0.3, 0.4) is 0 Å². The van der Waals surface area contributed by atoms with E-state index >= 15 is 0 Å². The fourth-order valence-electron chi connectivity index (χ4n) is 2.64. The topological polar surface area (TPSA) is 72.0 Å². The largest absolute Gasteiger partial charge is 0.296 e. The summed E-state index contributed by atoms with van der Waals surface area (Å²) < 4.78 is 11.4. The summed E-state index contributed by atoms with van der Waals surface area (Å²) in [6, 6.07) is 13.3. The zero-order valence-electron chi connectivity index (χ0n) is 14.8. The molecule has 26 heavy (non-hydrogen) atoms. The van der Waals surface area contributed by atoms with E-state index in [1.165, 1.54) is 16.9 Å². The van der Waals surface area contributed by atoms with E-state index in [9.17, 15) is 9.00 Å². The number of hydrogen-bond donors (Lipinski definition) is 1. The minimum atomic E-state index is -0.950. The molecule has 0 aliphatic carbocycles. The van der Waals surface area contributed by atoms with E-state index in [0.29, 0.717) is 16.4 Å². The number of nitrogens with zero attached hydrogens (tertiary/aromatic N) is 2. The lowest BCUT2D eigenvalue weighted by Crippen LogP contribution is -2.12. The van der Waals surface area contributed by atoms with E-state index in [-0.39, 0.29) is 5.91 Å². The highest BCUT2D eigenvalue weighted by atomic mass is 32.2. The van der Waals surface area contributed by atoms with Gasteiger partial charge in [-0.3, -0.25) is 14.3 Å². The maximum Gasteiger partial charge on any atom is 0.257 e. The molecule has 1 unspecified atom stereocenters. The molecule has 1 aromatic heterocycles. The third kappa shape index (κ3) is 4.42. The molecule has 0 aliphatic heterocycles. The lowest BCUT2D eigenvalue weighted by atomic mass is 10.1. The number of aromatic nitrogens is 2. The van der Waals surface area contributed by atoms with Crippen molar-refractivity contribution >= 4 is 33.2 Å². The molecular weight excluding hydrogens is 366 g/mol. The molecule has 0 aliphatic rings. The standard InChI is InChI=1S/C19H19N3O2S2/c1-12-7-8-16(13(2)9-12)18-21-22-19(25-18)20-17(23)15-6-4-5-14(10-15)11-26(3)24/h4-10H,11H2,1-3H3,(H,20,22,23). The van der Waals surface area contributed by atoms with Crippen LogP contribution >= 0.6 is 11.3 Å². The van der Waals surface area contributed by atoms with Crippen molar-refractivity contribution in [3.63, 3.8) is 0 Å². The predicted molar refractivity (Wildman–Crippen MR) is 107 cm³/mol. The summed E-state index contributed by atoms with van der Waals surface area (Å²) in [6.07, 6.45) is 1.64. The number of anilines is 1. The van der Waals surface area contributed by atoms with Gasteiger partial charge in [-0.25, -0.2) is 0 Å². The molecule has 0 spiro atoms. The number of carbonyl (C=O) groups excluding carboxylic acids is 1. The van der Waals surface area contributed by atoms with Crippen molar-refractivity contribution in [3.8, 4) is 10.6 Å². The Morgan fingerprint density at radius 3 is 2.69 bits per heavy atom. The van der Waals surface area contributed by atoms with Crippen molar-refractivity contribution in [3.05, 3.63) is 64.7 Å². The molecule has 1 heterocycles. The molecule has 0 saturated carbocycles. The minimum absolute atomic E-state index is 0.253. The third-order valence-corrected chi connectivity index (χ3v) is 5.43. The van der Waals surface area contributed by atoms with E-state index < -0.39 is 10.8 Å². The summed E-state index contributed by atoms with van der Waals surface area (Å²) >= 11 is 1.34. The van der Waals surface area contributed by atoms with Gasteiger partial charge in [-0.1, -0.05) is 47.2 Å². The van der Waals surface area contributed by atoms with Crippen LogP contribution in [0.4, 0.5) is 5.13 Å². The summed E-state index contributed by atoms with van der Waals surface area (Å²) in [5, 5.41) is 12.3. The van der Waals surface area contributed by atoms with E-state index in [2.05, 4.69) is 21.6 Å². The molecule has 3 rings (SSSR count). The number of hydrogen-bond acceptors (Lipinski definition) is 5. The molecule has 0 saturated heterocycles. The van der Waals surface area contributed by atoms with Crippen molar-refractivity contribution < 1.29 is 9.00 Å². The molecule has 7 heteroatoms. The molecule has 5 nitrogen and oxygen atoms in total. The Morgan fingerprint density at radius 1 is 1.15 bits per heavy atom. The van der Waals surface area contributed by atoms with Gasteiger partial charge in [0.25, 0.3) is 5.91 Å². The maximum absolute atomic E-state index is 12.5. The van der Waals surface area contributed by atoms with Gasteiger partial charge < -0.3 is 0 Å². The molecule has 1 N–H and O–H groups in total. The van der Waals surface area contributed by atoms with Gasteiger partial charge in [-0.2, -0.15) is 0 Å². The summed E-state index contributed by atoms with van der Waals surface area (Å²) in [5.74, 6) is 0.175. The number of benzene rings is 2. The van der Waals surface area contributed by atoms with E-state index in [0.717, 1.165) is 21.7 Å². The highest BCUT2D eigenvalue weighted by Crippen LogP contribution is 2.29. The average molecular weight is 386 g/mol. The van der Waals surface area contributed by atoms with Crippen LogP contribution in [0.5, 0.6) is 0 Å². The molecule has 0 fully saturated rings. The van der Waals surface area contributed by atoms with Crippen LogP contribution in [0.1, 0.15) is 27.0 Å². The summed E-state index contributed by atoms with van der Waals surface area (Å²) in [5.41, 5.74) is 4.71. The molecule has 1 amide bonds. The first kappa shape index (κ1) is 18.4. The second-order valence-corrected chi connectivity index (χ2v) is 8.52. The van der Waals surface area contributed by atoms with E-state index in [1.807, 2.05) is 32.0 Å². The van der Waals surface area contributed by atoms with Gasteiger partial charge in [-0.15, -0.1) is 10.2 Å². The number of nitrogens with one attached hydrogen (secondary N) is 1. The molecule has 0 radical (unpaired) electrons. The fourth-order valence-corrected chi connectivity index (χ4v) is 4.12. The van der Waals surface area contributed by atoms with E-state index in [4.69, 9.17) is 0 Å². The van der Waals surface area contributed by atoms with Gasteiger partial charge in [0.15, 0.2) is 0 Å². The van der Waals surface area contributed by atoms with Gasteiger partial charge >= 0.3 is 0 Å².